The van der Waals surface area contributed by atoms with E-state index in [2.05, 4.69) is 119 Å². The summed E-state index contributed by atoms with van der Waals surface area (Å²) in [6.07, 6.45) is 0. The van der Waals surface area contributed by atoms with E-state index in [0.29, 0.717) is 16.8 Å². The summed E-state index contributed by atoms with van der Waals surface area (Å²) >= 11 is 0. The molecule has 0 aliphatic rings. The Morgan fingerprint density at radius 1 is 0.520 bits per heavy atom. The molecule has 7 aromatic carbocycles. The van der Waals surface area contributed by atoms with E-state index < -0.39 is 8.07 Å². The highest BCUT2D eigenvalue weighted by molar-refractivity contribution is 7.20. The van der Waals surface area contributed by atoms with Crippen LogP contribution in [0.2, 0.25) is 0 Å². The third-order valence-corrected chi connectivity index (χ3v) is 14.4. The van der Waals surface area contributed by atoms with E-state index in [1.807, 2.05) is 72.8 Å². The van der Waals surface area contributed by atoms with Crippen molar-refractivity contribution in [3.63, 3.8) is 0 Å². The fraction of sp³-hybridized carbons (Fsp3) is 0. The minimum atomic E-state index is -3.12. The lowest BCUT2D eigenvalue weighted by molar-refractivity contribution is 1.18. The predicted octanol–water partition coefficient (Wildman–Crippen LogP) is 8.12. The standard InChI is InChI=1S/C45H28N4Si/c1-48-45-40(34-14-13-15-35(29-34)49-42-23-12-11-22-39(42)41-26-32(30-46)24-25-43(41)49)27-33(31-47)28-44(45)50(36-16-5-2-6-17-36,37-18-7-3-8-19-37)38-20-9-4-10-21-38/h2-29H. The quantitative estimate of drug-likeness (QED) is 0.104. The van der Waals surface area contributed by atoms with Crippen molar-refractivity contribution in [3.05, 3.63) is 192 Å². The molecule has 0 fully saturated rings. The van der Waals surface area contributed by atoms with Crippen LogP contribution >= 0.6 is 0 Å². The minimum absolute atomic E-state index is 0.508. The van der Waals surface area contributed by atoms with Gasteiger partial charge in [0, 0.05) is 16.5 Å². The fourth-order valence-electron chi connectivity index (χ4n) is 7.49. The molecule has 0 N–H and O–H groups in total. The molecular formula is C45H28N4Si. The summed E-state index contributed by atoms with van der Waals surface area (Å²) in [4.78, 5) is 4.31. The number of fused-ring (bicyclic) bond motifs is 3. The van der Waals surface area contributed by atoms with Gasteiger partial charge in [0.1, 0.15) is 0 Å². The van der Waals surface area contributed by atoms with Gasteiger partial charge in [-0.05, 0) is 74.3 Å². The molecule has 0 aliphatic heterocycles. The molecule has 0 saturated heterocycles. The first-order valence-electron chi connectivity index (χ1n) is 16.3. The van der Waals surface area contributed by atoms with Crippen LogP contribution in [0.15, 0.2) is 170 Å². The van der Waals surface area contributed by atoms with Crippen molar-refractivity contribution in [2.75, 3.05) is 0 Å². The Morgan fingerprint density at radius 2 is 1.10 bits per heavy atom. The fourth-order valence-corrected chi connectivity index (χ4v) is 12.4. The number of nitrogens with zero attached hydrogens (tertiary/aromatic N) is 4. The molecule has 0 saturated carbocycles. The summed E-state index contributed by atoms with van der Waals surface area (Å²) in [6, 6.07) is 62.2. The third-order valence-electron chi connectivity index (χ3n) is 9.59. The highest BCUT2D eigenvalue weighted by Crippen LogP contribution is 2.36. The highest BCUT2D eigenvalue weighted by atomic mass is 28.3. The highest BCUT2D eigenvalue weighted by Gasteiger charge is 2.43. The van der Waals surface area contributed by atoms with Crippen LogP contribution in [0.3, 0.4) is 0 Å². The van der Waals surface area contributed by atoms with Gasteiger partial charge in [-0.15, -0.1) is 0 Å². The van der Waals surface area contributed by atoms with Crippen LogP contribution in [0, 0.1) is 29.2 Å². The van der Waals surface area contributed by atoms with Crippen LogP contribution in [0.1, 0.15) is 11.1 Å². The van der Waals surface area contributed by atoms with Gasteiger partial charge in [0.15, 0.2) is 13.8 Å². The summed E-state index contributed by atoms with van der Waals surface area (Å²) in [5.41, 5.74) is 6.18. The molecule has 50 heavy (non-hydrogen) atoms. The first kappa shape index (κ1) is 30.4. The minimum Gasteiger partial charge on any atom is -0.309 e. The van der Waals surface area contributed by atoms with Crippen molar-refractivity contribution in [1.29, 1.82) is 10.5 Å². The molecule has 0 spiro atoms. The first-order chi connectivity index (χ1) is 24.7. The van der Waals surface area contributed by atoms with Crippen molar-refractivity contribution in [1.82, 2.24) is 4.57 Å². The van der Waals surface area contributed by atoms with Crippen LogP contribution in [0.5, 0.6) is 0 Å². The molecule has 0 radical (unpaired) electrons. The van der Waals surface area contributed by atoms with Crippen LogP contribution in [0.25, 0.3) is 43.5 Å². The van der Waals surface area contributed by atoms with Crippen LogP contribution in [-0.4, -0.2) is 12.6 Å². The maximum absolute atomic E-state index is 10.5. The largest absolute Gasteiger partial charge is 0.309 e. The normalized spacial score (nSPS) is 11.1. The molecule has 1 heterocycles. The Kier molecular flexibility index (Phi) is 7.63. The van der Waals surface area contributed by atoms with E-state index in [1.165, 1.54) is 0 Å². The average Bonchev–Trinajstić information content (AvgIpc) is 3.53. The van der Waals surface area contributed by atoms with Gasteiger partial charge in [0.05, 0.1) is 40.9 Å². The first-order valence-corrected chi connectivity index (χ1v) is 18.3. The second-order valence-electron chi connectivity index (χ2n) is 12.2. The van der Waals surface area contributed by atoms with Crippen molar-refractivity contribution in [3.8, 4) is 29.0 Å². The molecule has 232 valence electrons. The zero-order valence-electron chi connectivity index (χ0n) is 27.0. The van der Waals surface area contributed by atoms with Crippen LogP contribution < -0.4 is 20.7 Å². The Morgan fingerprint density at radius 3 is 1.70 bits per heavy atom. The number of aromatic nitrogens is 1. The monoisotopic (exact) mass is 652 g/mol. The van der Waals surface area contributed by atoms with Crippen LogP contribution in [-0.2, 0) is 0 Å². The lowest BCUT2D eigenvalue weighted by Crippen LogP contribution is -2.74. The van der Waals surface area contributed by atoms with Crippen molar-refractivity contribution < 1.29 is 0 Å². The van der Waals surface area contributed by atoms with Crippen molar-refractivity contribution >= 4 is 56.3 Å². The number of benzene rings is 7. The molecule has 1 aromatic heterocycles. The zero-order valence-corrected chi connectivity index (χ0v) is 28.0. The SMILES string of the molecule is [C-]#[N+]c1c(-c2cccc(-n3c4ccccc4c4cc(C#N)ccc43)c2)cc(C#N)cc1[Si](c1ccccc1)(c1ccccc1)c1ccccc1. The third kappa shape index (κ3) is 4.80. The van der Waals surface area contributed by atoms with E-state index in [0.717, 1.165) is 59.4 Å². The zero-order chi connectivity index (χ0) is 34.1. The summed E-state index contributed by atoms with van der Waals surface area (Å²) in [5, 5.41) is 26.5. The molecular weight excluding hydrogens is 625 g/mol. The molecule has 0 aliphatic carbocycles. The van der Waals surface area contributed by atoms with Gasteiger partial charge < -0.3 is 4.57 Å². The van der Waals surface area contributed by atoms with Crippen molar-refractivity contribution in [2.24, 2.45) is 0 Å². The Hall–Kier alpha value is -6.97. The number of hydrogen-bond acceptors (Lipinski definition) is 2. The maximum atomic E-state index is 10.5. The summed E-state index contributed by atoms with van der Waals surface area (Å²) in [5.74, 6) is 0. The van der Waals surface area contributed by atoms with Crippen LogP contribution in [0.4, 0.5) is 5.69 Å². The Labute approximate surface area is 291 Å². The smallest absolute Gasteiger partial charge is 0.195 e. The second-order valence-corrected chi connectivity index (χ2v) is 16.0. The second kappa shape index (κ2) is 12.6. The van der Waals surface area contributed by atoms with E-state index in [4.69, 9.17) is 6.57 Å². The molecule has 4 nitrogen and oxygen atoms in total. The topological polar surface area (TPSA) is 56.9 Å². The lowest BCUT2D eigenvalue weighted by Gasteiger charge is -2.36. The molecule has 5 heteroatoms. The number of para-hydroxylation sites is 1. The molecule has 0 amide bonds. The van der Waals surface area contributed by atoms with Gasteiger partial charge in [-0.25, -0.2) is 4.85 Å². The molecule has 8 aromatic rings. The summed E-state index contributed by atoms with van der Waals surface area (Å²) in [7, 11) is -3.12. The van der Waals surface area contributed by atoms with Crippen molar-refractivity contribution in [2.45, 2.75) is 0 Å². The van der Waals surface area contributed by atoms with E-state index in [1.54, 1.807) is 0 Å². The molecule has 0 bridgehead atoms. The number of rotatable bonds is 6. The van der Waals surface area contributed by atoms with Gasteiger partial charge >= 0.3 is 0 Å². The summed E-state index contributed by atoms with van der Waals surface area (Å²) < 4.78 is 2.21. The van der Waals surface area contributed by atoms with Gasteiger partial charge in [-0.3, -0.25) is 0 Å². The Bertz CT molecular complexity index is 2580. The molecule has 0 unspecified atom stereocenters. The average molecular weight is 653 g/mol. The van der Waals surface area contributed by atoms with Gasteiger partial charge in [-0.2, -0.15) is 10.5 Å². The maximum Gasteiger partial charge on any atom is 0.195 e. The van der Waals surface area contributed by atoms with Gasteiger partial charge in [0.2, 0.25) is 0 Å². The number of nitriles is 2. The lowest BCUT2D eigenvalue weighted by atomic mass is 10.0. The van der Waals surface area contributed by atoms with E-state index in [-0.39, 0.29) is 0 Å². The predicted molar refractivity (Wildman–Crippen MR) is 206 cm³/mol. The molecule has 8 rings (SSSR count). The van der Waals surface area contributed by atoms with E-state index >= 15 is 0 Å². The summed E-state index contributed by atoms with van der Waals surface area (Å²) in [6.45, 7) is 8.75. The van der Waals surface area contributed by atoms with Gasteiger partial charge in [0.25, 0.3) is 0 Å². The Balaban J connectivity index is 1.44. The van der Waals surface area contributed by atoms with Gasteiger partial charge in [-0.1, -0.05) is 127 Å². The number of hydrogen-bond donors (Lipinski definition) is 0. The van der Waals surface area contributed by atoms with E-state index in [9.17, 15) is 10.5 Å². The molecule has 0 atom stereocenters.